The molecule has 0 atom stereocenters. The second-order valence-electron chi connectivity index (χ2n) is 7.25. The topological polar surface area (TPSA) is 105 Å². The largest absolute Gasteiger partial charge is 0.490 e. The highest BCUT2D eigenvalue weighted by Gasteiger charge is 2.22. The number of amides is 1. The van der Waals surface area contributed by atoms with Crippen LogP contribution in [0.2, 0.25) is 10.0 Å². The molecule has 35 heavy (non-hydrogen) atoms. The lowest BCUT2D eigenvalue weighted by Crippen LogP contribution is -2.13. The van der Waals surface area contributed by atoms with Crippen molar-refractivity contribution in [1.82, 2.24) is 0 Å². The first-order valence-electron chi connectivity index (χ1n) is 10.3. The predicted octanol–water partition coefficient (Wildman–Crippen LogP) is 6.01. The number of hydrogen-bond donors (Lipinski definition) is 1. The molecule has 1 amide bonds. The molecule has 1 N–H and O–H groups in total. The van der Waals surface area contributed by atoms with Gasteiger partial charge in [-0.05, 0) is 68.0 Å². The first-order chi connectivity index (χ1) is 16.6. The normalized spacial score (nSPS) is 11.5. The number of nitriles is 1. The molecule has 0 saturated carbocycles. The number of ether oxygens (including phenoxy) is 1. The standard InChI is InChI=1S/C25H20Cl2N2O5S/c1-3-33-23-13-17(11-18(15-28)25(30)29-20-6-4-5-19(26)14-20)12-22(27)24(23)34-35(31,32)21-9-7-16(2)8-10-21/h4-14H,3H2,1-2H3,(H,29,30)/b18-11+. The maximum absolute atomic E-state index is 12.8. The Bertz CT molecular complexity index is 1430. The summed E-state index contributed by atoms with van der Waals surface area (Å²) in [4.78, 5) is 12.5. The summed E-state index contributed by atoms with van der Waals surface area (Å²) in [7, 11) is -4.19. The Balaban J connectivity index is 1.94. The zero-order valence-electron chi connectivity index (χ0n) is 18.7. The number of nitrogens with one attached hydrogen (secondary N) is 1. The van der Waals surface area contributed by atoms with Gasteiger partial charge in [-0.15, -0.1) is 0 Å². The summed E-state index contributed by atoms with van der Waals surface area (Å²) < 4.78 is 36.4. The van der Waals surface area contributed by atoms with Crippen molar-refractivity contribution >= 4 is 51.0 Å². The van der Waals surface area contributed by atoms with Gasteiger partial charge >= 0.3 is 10.1 Å². The van der Waals surface area contributed by atoms with Gasteiger partial charge in [0.15, 0.2) is 5.75 Å². The van der Waals surface area contributed by atoms with Crippen LogP contribution in [0.1, 0.15) is 18.1 Å². The first-order valence-corrected chi connectivity index (χ1v) is 12.5. The fourth-order valence-corrected chi connectivity index (χ4v) is 4.41. The van der Waals surface area contributed by atoms with Gasteiger partial charge in [0.05, 0.1) is 11.6 Å². The molecule has 0 saturated heterocycles. The number of aryl methyl sites for hydroxylation is 1. The summed E-state index contributed by atoms with van der Waals surface area (Å²) in [6, 6.07) is 17.3. The average molecular weight is 531 g/mol. The maximum atomic E-state index is 12.8. The summed E-state index contributed by atoms with van der Waals surface area (Å²) >= 11 is 12.3. The van der Waals surface area contributed by atoms with Crippen molar-refractivity contribution in [2.24, 2.45) is 0 Å². The molecule has 7 nitrogen and oxygen atoms in total. The highest BCUT2D eigenvalue weighted by molar-refractivity contribution is 7.87. The smallest absolute Gasteiger partial charge is 0.339 e. The van der Waals surface area contributed by atoms with Crippen molar-refractivity contribution in [2.45, 2.75) is 18.7 Å². The molecule has 3 aromatic carbocycles. The molecule has 0 aliphatic heterocycles. The lowest BCUT2D eigenvalue weighted by atomic mass is 10.1. The van der Waals surface area contributed by atoms with E-state index < -0.39 is 16.0 Å². The minimum Gasteiger partial charge on any atom is -0.490 e. The van der Waals surface area contributed by atoms with E-state index in [1.165, 1.54) is 30.3 Å². The Morgan fingerprint density at radius 2 is 1.83 bits per heavy atom. The van der Waals surface area contributed by atoms with E-state index in [2.05, 4.69) is 5.32 Å². The van der Waals surface area contributed by atoms with Crippen molar-refractivity contribution in [3.05, 3.63) is 87.4 Å². The van der Waals surface area contributed by atoms with Gasteiger partial charge in [-0.1, -0.05) is 47.0 Å². The fraction of sp³-hybridized carbons (Fsp3) is 0.120. The number of rotatable bonds is 8. The zero-order valence-corrected chi connectivity index (χ0v) is 21.0. The van der Waals surface area contributed by atoms with Crippen molar-refractivity contribution < 1.29 is 22.1 Å². The molecule has 0 unspecified atom stereocenters. The Kier molecular flexibility index (Phi) is 8.41. The molecular formula is C25H20Cl2N2O5S. The van der Waals surface area contributed by atoms with E-state index in [0.29, 0.717) is 16.3 Å². The third kappa shape index (κ3) is 6.76. The summed E-state index contributed by atoms with van der Waals surface area (Å²) in [5.74, 6) is -0.825. The molecule has 180 valence electrons. The molecule has 0 spiro atoms. The minimum absolute atomic E-state index is 0.0366. The number of nitrogens with zero attached hydrogens (tertiary/aromatic N) is 1. The van der Waals surface area contributed by atoms with E-state index in [1.54, 1.807) is 43.3 Å². The van der Waals surface area contributed by atoms with Gasteiger partial charge in [-0.2, -0.15) is 13.7 Å². The molecule has 0 fully saturated rings. The Morgan fingerprint density at radius 3 is 2.46 bits per heavy atom. The number of halogens is 2. The van der Waals surface area contributed by atoms with Crippen LogP contribution in [-0.4, -0.2) is 20.9 Å². The maximum Gasteiger partial charge on any atom is 0.339 e. The molecule has 0 radical (unpaired) electrons. The number of hydrogen-bond acceptors (Lipinski definition) is 6. The summed E-state index contributed by atoms with van der Waals surface area (Å²) in [6.45, 7) is 3.72. The lowest BCUT2D eigenvalue weighted by molar-refractivity contribution is -0.112. The number of carbonyl (C=O) groups excluding carboxylic acids is 1. The van der Waals surface area contributed by atoms with Gasteiger partial charge in [-0.3, -0.25) is 4.79 Å². The number of anilines is 1. The zero-order chi connectivity index (χ0) is 25.6. The van der Waals surface area contributed by atoms with Gasteiger partial charge in [0.25, 0.3) is 5.91 Å². The molecule has 0 aromatic heterocycles. The second kappa shape index (κ2) is 11.3. The van der Waals surface area contributed by atoms with Crippen LogP contribution in [0.5, 0.6) is 11.5 Å². The van der Waals surface area contributed by atoms with Crippen molar-refractivity contribution in [3.63, 3.8) is 0 Å². The quantitative estimate of drug-likeness (QED) is 0.217. The number of carbonyl (C=O) groups is 1. The first kappa shape index (κ1) is 26.1. The molecule has 0 aliphatic carbocycles. The molecular weight excluding hydrogens is 511 g/mol. The van der Waals surface area contributed by atoms with Crippen molar-refractivity contribution in [2.75, 3.05) is 11.9 Å². The molecule has 0 heterocycles. The van der Waals surface area contributed by atoms with Crippen LogP contribution in [0.15, 0.2) is 71.1 Å². The third-order valence-corrected chi connectivity index (χ3v) is 6.34. The van der Waals surface area contributed by atoms with Crippen LogP contribution < -0.4 is 14.2 Å². The third-order valence-electron chi connectivity index (χ3n) is 4.59. The monoisotopic (exact) mass is 530 g/mol. The van der Waals surface area contributed by atoms with Gasteiger partial charge < -0.3 is 14.2 Å². The Hall–Kier alpha value is -3.51. The molecule has 10 heteroatoms. The van der Waals surface area contributed by atoms with Crippen LogP contribution in [0.4, 0.5) is 5.69 Å². The van der Waals surface area contributed by atoms with E-state index in [-0.39, 0.29) is 33.6 Å². The van der Waals surface area contributed by atoms with Crippen LogP contribution >= 0.6 is 23.2 Å². The Morgan fingerprint density at radius 1 is 1.11 bits per heavy atom. The van der Waals surface area contributed by atoms with Gasteiger partial charge in [0.1, 0.15) is 16.5 Å². The average Bonchev–Trinajstić information content (AvgIpc) is 2.80. The van der Waals surface area contributed by atoms with Crippen LogP contribution in [0.3, 0.4) is 0 Å². The molecule has 0 bridgehead atoms. The van der Waals surface area contributed by atoms with Crippen molar-refractivity contribution in [3.8, 4) is 17.6 Å². The van der Waals surface area contributed by atoms with E-state index in [1.807, 2.05) is 13.0 Å². The van der Waals surface area contributed by atoms with Gasteiger partial charge in [-0.25, -0.2) is 0 Å². The van der Waals surface area contributed by atoms with Crippen molar-refractivity contribution in [1.29, 1.82) is 5.26 Å². The Labute approximate surface area is 213 Å². The van der Waals surface area contributed by atoms with Gasteiger partial charge in [0.2, 0.25) is 5.75 Å². The molecule has 0 aliphatic rings. The summed E-state index contributed by atoms with van der Waals surface area (Å²) in [5.41, 5.74) is 1.42. The van der Waals surface area contributed by atoms with Gasteiger partial charge in [0, 0.05) is 10.7 Å². The second-order valence-corrected chi connectivity index (χ2v) is 9.64. The predicted molar refractivity (Wildman–Crippen MR) is 135 cm³/mol. The van der Waals surface area contributed by atoms with Crippen LogP contribution in [0, 0.1) is 18.3 Å². The SMILES string of the molecule is CCOc1cc(/C=C(\C#N)C(=O)Nc2cccc(Cl)c2)cc(Cl)c1OS(=O)(=O)c1ccc(C)cc1. The summed E-state index contributed by atoms with van der Waals surface area (Å²) in [5, 5.41) is 12.4. The molecule has 3 aromatic rings. The summed E-state index contributed by atoms with van der Waals surface area (Å²) in [6.07, 6.45) is 1.30. The lowest BCUT2D eigenvalue weighted by Gasteiger charge is -2.14. The van der Waals surface area contributed by atoms with E-state index >= 15 is 0 Å². The van der Waals surface area contributed by atoms with Crippen LogP contribution in [0.25, 0.3) is 6.08 Å². The van der Waals surface area contributed by atoms with E-state index in [9.17, 15) is 18.5 Å². The minimum atomic E-state index is -4.19. The highest BCUT2D eigenvalue weighted by atomic mass is 35.5. The number of benzene rings is 3. The van der Waals surface area contributed by atoms with E-state index in [0.717, 1.165) is 5.56 Å². The fourth-order valence-electron chi connectivity index (χ4n) is 2.96. The molecule has 3 rings (SSSR count). The van der Waals surface area contributed by atoms with Crippen LogP contribution in [-0.2, 0) is 14.9 Å². The van der Waals surface area contributed by atoms with E-state index in [4.69, 9.17) is 32.1 Å². The highest BCUT2D eigenvalue weighted by Crippen LogP contribution is 2.39.